The number of rotatable bonds is 6. The van der Waals surface area contributed by atoms with Crippen LogP contribution >= 0.6 is 0 Å². The molecule has 1 N–H and O–H groups in total. The van der Waals surface area contributed by atoms with Crippen LogP contribution in [0.4, 0.5) is 0 Å². The van der Waals surface area contributed by atoms with Crippen LogP contribution in [0.2, 0.25) is 0 Å². The maximum atomic E-state index is 12.4. The van der Waals surface area contributed by atoms with Crippen LogP contribution in [-0.2, 0) is 4.79 Å². The minimum Gasteiger partial charge on any atom is -0.497 e. The number of aliphatic hydroxyl groups is 1. The Balaban J connectivity index is 2.00. The van der Waals surface area contributed by atoms with E-state index in [4.69, 9.17) is 4.74 Å². The quantitative estimate of drug-likeness (QED) is 0.890. The summed E-state index contributed by atoms with van der Waals surface area (Å²) in [5.74, 6) is 0.694. The van der Waals surface area contributed by atoms with E-state index in [-0.39, 0.29) is 18.4 Å². The third kappa shape index (κ3) is 4.33. The third-order valence-electron chi connectivity index (χ3n) is 4.12. The average molecular weight is 313 g/mol. The second-order valence-electron chi connectivity index (χ2n) is 5.58. The number of carbonyl (C=O) groups is 1. The molecule has 23 heavy (non-hydrogen) atoms. The molecule has 0 spiro atoms. The molecule has 0 saturated heterocycles. The molecular weight excluding hydrogens is 290 g/mol. The Labute approximate surface area is 137 Å². The van der Waals surface area contributed by atoms with Crippen LogP contribution in [0.15, 0.2) is 54.6 Å². The lowest BCUT2D eigenvalue weighted by Gasteiger charge is -2.26. The molecule has 2 rings (SSSR count). The second-order valence-corrected chi connectivity index (χ2v) is 5.58. The lowest BCUT2D eigenvalue weighted by atomic mass is 10.0. The zero-order valence-corrected chi connectivity index (χ0v) is 13.8. The molecule has 4 heteroatoms. The summed E-state index contributed by atoms with van der Waals surface area (Å²) in [6, 6.07) is 16.8. The van der Waals surface area contributed by atoms with Crippen molar-refractivity contribution in [1.82, 2.24) is 4.90 Å². The molecule has 2 aromatic carbocycles. The first-order chi connectivity index (χ1) is 11.0. The van der Waals surface area contributed by atoms with E-state index < -0.39 is 6.10 Å². The van der Waals surface area contributed by atoms with Crippen LogP contribution < -0.4 is 4.74 Å². The molecule has 0 saturated carbocycles. The Hall–Kier alpha value is -2.33. The number of amides is 1. The van der Waals surface area contributed by atoms with Crippen molar-refractivity contribution < 1.29 is 14.6 Å². The third-order valence-corrected chi connectivity index (χ3v) is 4.12. The molecule has 0 aromatic heterocycles. The van der Waals surface area contributed by atoms with Crippen LogP contribution in [0.25, 0.3) is 0 Å². The van der Waals surface area contributed by atoms with Gasteiger partial charge in [-0.25, -0.2) is 0 Å². The molecule has 2 unspecified atom stereocenters. The number of hydrogen-bond donors (Lipinski definition) is 1. The highest BCUT2D eigenvalue weighted by Crippen LogP contribution is 2.24. The van der Waals surface area contributed by atoms with Crippen molar-refractivity contribution in [2.24, 2.45) is 0 Å². The Morgan fingerprint density at radius 3 is 2.26 bits per heavy atom. The molecular formula is C19H23NO3. The van der Waals surface area contributed by atoms with Crippen molar-refractivity contribution >= 4 is 5.91 Å². The fourth-order valence-electron chi connectivity index (χ4n) is 2.42. The summed E-state index contributed by atoms with van der Waals surface area (Å²) >= 11 is 0. The van der Waals surface area contributed by atoms with Gasteiger partial charge in [-0.1, -0.05) is 42.5 Å². The van der Waals surface area contributed by atoms with Gasteiger partial charge in [0, 0.05) is 7.05 Å². The fourth-order valence-corrected chi connectivity index (χ4v) is 2.42. The Morgan fingerprint density at radius 1 is 1.09 bits per heavy atom. The van der Waals surface area contributed by atoms with Crippen LogP contribution in [0, 0.1) is 0 Å². The molecule has 0 aliphatic rings. The van der Waals surface area contributed by atoms with E-state index in [1.807, 2.05) is 61.5 Å². The standard InChI is InChI=1S/C19H23NO3/c1-14(15-9-11-17(23-3)12-10-15)20(2)19(22)13-18(21)16-7-5-4-6-8-16/h4-12,14,18,21H,13H2,1-3H3. The van der Waals surface area contributed by atoms with Crippen molar-refractivity contribution in [3.8, 4) is 5.75 Å². The van der Waals surface area contributed by atoms with Gasteiger partial charge in [-0.3, -0.25) is 4.79 Å². The summed E-state index contributed by atoms with van der Waals surface area (Å²) in [4.78, 5) is 14.1. The van der Waals surface area contributed by atoms with Gasteiger partial charge in [-0.05, 0) is 30.2 Å². The van der Waals surface area contributed by atoms with Crippen molar-refractivity contribution in [2.75, 3.05) is 14.2 Å². The Kier molecular flexibility index (Phi) is 5.77. The molecule has 4 nitrogen and oxygen atoms in total. The van der Waals surface area contributed by atoms with E-state index in [0.717, 1.165) is 16.9 Å². The van der Waals surface area contributed by atoms with Crippen LogP contribution in [0.1, 0.15) is 36.6 Å². The molecule has 0 heterocycles. The molecule has 0 fully saturated rings. The van der Waals surface area contributed by atoms with Crippen molar-refractivity contribution in [3.05, 3.63) is 65.7 Å². The average Bonchev–Trinajstić information content (AvgIpc) is 2.61. The number of carbonyl (C=O) groups excluding carboxylic acids is 1. The largest absolute Gasteiger partial charge is 0.497 e. The van der Waals surface area contributed by atoms with Gasteiger partial charge in [0.15, 0.2) is 0 Å². The number of nitrogens with zero attached hydrogens (tertiary/aromatic N) is 1. The Bertz CT molecular complexity index is 625. The molecule has 2 atom stereocenters. The molecule has 0 aliphatic carbocycles. The number of aliphatic hydroxyl groups excluding tert-OH is 1. The number of hydrogen-bond acceptors (Lipinski definition) is 3. The monoisotopic (exact) mass is 313 g/mol. The summed E-state index contributed by atoms with van der Waals surface area (Å²) in [6.45, 7) is 1.97. The predicted molar refractivity (Wildman–Crippen MR) is 90.2 cm³/mol. The van der Waals surface area contributed by atoms with Gasteiger partial charge in [0.2, 0.25) is 5.91 Å². The first-order valence-corrected chi connectivity index (χ1v) is 7.65. The van der Waals surface area contributed by atoms with E-state index in [2.05, 4.69) is 0 Å². The normalized spacial score (nSPS) is 13.2. The predicted octanol–water partition coefficient (Wildman–Crippen LogP) is 3.34. The first-order valence-electron chi connectivity index (χ1n) is 7.65. The van der Waals surface area contributed by atoms with Gasteiger partial charge in [0.05, 0.1) is 25.7 Å². The van der Waals surface area contributed by atoms with Gasteiger partial charge in [0.25, 0.3) is 0 Å². The summed E-state index contributed by atoms with van der Waals surface area (Å²) in [5.41, 5.74) is 1.78. The molecule has 1 amide bonds. The summed E-state index contributed by atoms with van der Waals surface area (Å²) < 4.78 is 5.14. The summed E-state index contributed by atoms with van der Waals surface area (Å²) in [6.07, 6.45) is -0.713. The summed E-state index contributed by atoms with van der Waals surface area (Å²) in [7, 11) is 3.38. The maximum absolute atomic E-state index is 12.4. The number of benzene rings is 2. The lowest BCUT2D eigenvalue weighted by molar-refractivity contribution is -0.134. The maximum Gasteiger partial charge on any atom is 0.225 e. The highest BCUT2D eigenvalue weighted by molar-refractivity contribution is 5.77. The van der Waals surface area contributed by atoms with Gasteiger partial charge in [0.1, 0.15) is 5.75 Å². The highest BCUT2D eigenvalue weighted by atomic mass is 16.5. The van der Waals surface area contributed by atoms with Crippen molar-refractivity contribution in [2.45, 2.75) is 25.5 Å². The first kappa shape index (κ1) is 17.0. The van der Waals surface area contributed by atoms with E-state index in [1.54, 1.807) is 19.1 Å². The topological polar surface area (TPSA) is 49.8 Å². The van der Waals surface area contributed by atoms with Gasteiger partial charge in [-0.2, -0.15) is 0 Å². The van der Waals surface area contributed by atoms with E-state index in [9.17, 15) is 9.90 Å². The number of ether oxygens (including phenoxy) is 1. The molecule has 0 bridgehead atoms. The summed E-state index contributed by atoms with van der Waals surface area (Å²) in [5, 5.41) is 10.2. The minimum atomic E-state index is -0.783. The van der Waals surface area contributed by atoms with Crippen molar-refractivity contribution in [3.63, 3.8) is 0 Å². The SMILES string of the molecule is COc1ccc(C(C)N(C)C(=O)CC(O)c2ccccc2)cc1. The van der Waals surface area contributed by atoms with Crippen LogP contribution in [0.5, 0.6) is 5.75 Å². The van der Waals surface area contributed by atoms with Crippen LogP contribution in [-0.4, -0.2) is 30.1 Å². The molecule has 0 radical (unpaired) electrons. The van der Waals surface area contributed by atoms with Crippen molar-refractivity contribution in [1.29, 1.82) is 0 Å². The molecule has 0 aliphatic heterocycles. The molecule has 122 valence electrons. The van der Waals surface area contributed by atoms with E-state index >= 15 is 0 Å². The second kappa shape index (κ2) is 7.79. The van der Waals surface area contributed by atoms with Gasteiger partial charge >= 0.3 is 0 Å². The smallest absolute Gasteiger partial charge is 0.225 e. The zero-order valence-electron chi connectivity index (χ0n) is 13.8. The van der Waals surface area contributed by atoms with Gasteiger partial charge < -0.3 is 14.7 Å². The lowest BCUT2D eigenvalue weighted by Crippen LogP contribution is -2.30. The van der Waals surface area contributed by atoms with E-state index in [1.165, 1.54) is 0 Å². The van der Waals surface area contributed by atoms with Crippen LogP contribution in [0.3, 0.4) is 0 Å². The zero-order chi connectivity index (χ0) is 16.8. The van der Waals surface area contributed by atoms with E-state index in [0.29, 0.717) is 0 Å². The highest BCUT2D eigenvalue weighted by Gasteiger charge is 2.21. The number of methoxy groups -OCH3 is 1. The fraction of sp³-hybridized carbons (Fsp3) is 0.316. The van der Waals surface area contributed by atoms with Gasteiger partial charge in [-0.15, -0.1) is 0 Å². The molecule has 2 aromatic rings. The Morgan fingerprint density at radius 2 is 1.70 bits per heavy atom. The minimum absolute atomic E-state index is 0.0704.